The van der Waals surface area contributed by atoms with E-state index in [1.807, 2.05) is 27.7 Å². The molecule has 0 amide bonds. The van der Waals surface area contributed by atoms with E-state index >= 15 is 0 Å². The standard InChI is InChI=1S/C19H21BF3NO3/c1-17(2)18(3,4)27-20(26-17)14-7-8-16(15(10-14)19(21,22)23)25-12-13-6-5-9-24-11-13/h5-11H,12H2,1-4H3. The van der Waals surface area contributed by atoms with E-state index in [1.165, 1.54) is 12.1 Å². The lowest BCUT2D eigenvalue weighted by molar-refractivity contribution is -0.139. The van der Waals surface area contributed by atoms with Crippen molar-refractivity contribution in [1.29, 1.82) is 0 Å². The minimum absolute atomic E-state index is 0.00719. The van der Waals surface area contributed by atoms with Crippen LogP contribution in [-0.2, 0) is 22.1 Å². The summed E-state index contributed by atoms with van der Waals surface area (Å²) in [6, 6.07) is 7.31. The maximum Gasteiger partial charge on any atom is 0.494 e. The van der Waals surface area contributed by atoms with Gasteiger partial charge in [0.15, 0.2) is 0 Å². The molecular weight excluding hydrogens is 358 g/mol. The van der Waals surface area contributed by atoms with Crippen molar-refractivity contribution >= 4 is 12.6 Å². The molecule has 0 aliphatic carbocycles. The first-order chi connectivity index (χ1) is 12.5. The maximum absolute atomic E-state index is 13.6. The van der Waals surface area contributed by atoms with E-state index in [9.17, 15) is 13.2 Å². The van der Waals surface area contributed by atoms with Crippen LogP contribution in [0.1, 0.15) is 38.8 Å². The number of aromatic nitrogens is 1. The molecule has 0 spiro atoms. The van der Waals surface area contributed by atoms with Crippen LogP contribution in [0.3, 0.4) is 0 Å². The molecule has 0 atom stereocenters. The van der Waals surface area contributed by atoms with Gasteiger partial charge in [-0.3, -0.25) is 4.98 Å². The summed E-state index contributed by atoms with van der Waals surface area (Å²) in [6.07, 6.45) is -1.43. The molecule has 0 radical (unpaired) electrons. The van der Waals surface area contributed by atoms with Crippen LogP contribution in [0.5, 0.6) is 5.75 Å². The third-order valence-electron chi connectivity index (χ3n) is 4.95. The second-order valence-electron chi connectivity index (χ2n) is 7.49. The Labute approximate surface area is 156 Å². The maximum atomic E-state index is 13.6. The molecule has 1 aliphatic rings. The SMILES string of the molecule is CC1(C)OB(c2ccc(OCc3cccnc3)c(C(F)(F)F)c2)OC1(C)C. The predicted molar refractivity (Wildman–Crippen MR) is 95.7 cm³/mol. The molecule has 1 saturated heterocycles. The molecule has 8 heteroatoms. The highest BCUT2D eigenvalue weighted by atomic mass is 19.4. The number of nitrogens with zero attached hydrogens (tertiary/aromatic N) is 1. The number of alkyl halides is 3. The van der Waals surface area contributed by atoms with Gasteiger partial charge < -0.3 is 14.0 Å². The van der Waals surface area contributed by atoms with Crippen molar-refractivity contribution < 1.29 is 27.2 Å². The fraction of sp³-hybridized carbons (Fsp3) is 0.421. The summed E-state index contributed by atoms with van der Waals surface area (Å²) in [5, 5.41) is 0. The number of benzene rings is 1. The summed E-state index contributed by atoms with van der Waals surface area (Å²) >= 11 is 0. The first-order valence-electron chi connectivity index (χ1n) is 8.58. The molecule has 2 aromatic rings. The van der Waals surface area contributed by atoms with Gasteiger partial charge in [0.25, 0.3) is 0 Å². The minimum atomic E-state index is -4.57. The van der Waals surface area contributed by atoms with Gasteiger partial charge in [-0.25, -0.2) is 0 Å². The van der Waals surface area contributed by atoms with Crippen LogP contribution in [0.4, 0.5) is 13.2 Å². The van der Waals surface area contributed by atoms with E-state index in [4.69, 9.17) is 14.0 Å². The highest BCUT2D eigenvalue weighted by molar-refractivity contribution is 6.62. The van der Waals surface area contributed by atoms with Crippen molar-refractivity contribution in [3.63, 3.8) is 0 Å². The molecule has 1 aromatic carbocycles. The summed E-state index contributed by atoms with van der Waals surface area (Å²) in [5.41, 5.74) is -1.15. The lowest BCUT2D eigenvalue weighted by Gasteiger charge is -2.32. The van der Waals surface area contributed by atoms with Crippen LogP contribution < -0.4 is 10.2 Å². The fourth-order valence-electron chi connectivity index (χ4n) is 2.67. The Kier molecular flexibility index (Phi) is 4.99. The Morgan fingerprint density at radius 3 is 2.30 bits per heavy atom. The zero-order valence-electron chi connectivity index (χ0n) is 15.6. The van der Waals surface area contributed by atoms with E-state index < -0.39 is 30.1 Å². The van der Waals surface area contributed by atoms with Gasteiger partial charge >= 0.3 is 13.3 Å². The molecule has 1 aliphatic heterocycles. The average molecular weight is 379 g/mol. The lowest BCUT2D eigenvalue weighted by atomic mass is 9.78. The molecule has 144 valence electrons. The second kappa shape index (κ2) is 6.84. The Balaban J connectivity index is 1.87. The number of hydrogen-bond acceptors (Lipinski definition) is 4. The van der Waals surface area contributed by atoms with Crippen LogP contribution in [0, 0.1) is 0 Å². The Morgan fingerprint density at radius 1 is 1.07 bits per heavy atom. The normalized spacial score (nSPS) is 18.6. The number of pyridine rings is 1. The van der Waals surface area contributed by atoms with Crippen molar-refractivity contribution in [2.24, 2.45) is 0 Å². The molecule has 0 N–H and O–H groups in total. The molecule has 3 rings (SSSR count). The highest BCUT2D eigenvalue weighted by Gasteiger charge is 2.52. The fourth-order valence-corrected chi connectivity index (χ4v) is 2.67. The molecule has 0 unspecified atom stereocenters. The van der Waals surface area contributed by atoms with Gasteiger partial charge in [-0.15, -0.1) is 0 Å². The monoisotopic (exact) mass is 379 g/mol. The highest BCUT2D eigenvalue weighted by Crippen LogP contribution is 2.39. The number of rotatable bonds is 4. The summed E-state index contributed by atoms with van der Waals surface area (Å²) in [6.45, 7) is 7.39. The molecule has 0 bridgehead atoms. The van der Waals surface area contributed by atoms with Crippen LogP contribution in [0.15, 0.2) is 42.7 Å². The number of ether oxygens (including phenoxy) is 1. The molecular formula is C19H21BF3NO3. The predicted octanol–water partition coefficient (Wildman–Crippen LogP) is 3.98. The molecule has 2 heterocycles. The van der Waals surface area contributed by atoms with Crippen LogP contribution in [-0.4, -0.2) is 23.3 Å². The number of hydrogen-bond donors (Lipinski definition) is 0. The molecule has 1 fully saturated rings. The van der Waals surface area contributed by atoms with E-state index in [1.54, 1.807) is 24.5 Å². The third kappa shape index (κ3) is 4.11. The van der Waals surface area contributed by atoms with Gasteiger partial charge in [0.1, 0.15) is 12.4 Å². The van der Waals surface area contributed by atoms with Gasteiger partial charge in [-0.2, -0.15) is 13.2 Å². The average Bonchev–Trinajstić information content (AvgIpc) is 2.81. The van der Waals surface area contributed by atoms with Gasteiger partial charge in [0.05, 0.1) is 16.8 Å². The molecule has 0 saturated carbocycles. The summed E-state index contributed by atoms with van der Waals surface area (Å²) in [5.74, 6) is -0.244. The third-order valence-corrected chi connectivity index (χ3v) is 4.95. The van der Waals surface area contributed by atoms with Crippen LogP contribution in [0.25, 0.3) is 0 Å². The summed E-state index contributed by atoms with van der Waals surface area (Å²) in [7, 11) is -0.872. The Bertz CT molecular complexity index is 794. The smallest absolute Gasteiger partial charge is 0.488 e. The van der Waals surface area contributed by atoms with E-state index in [0.717, 1.165) is 6.07 Å². The van der Waals surface area contributed by atoms with Crippen molar-refractivity contribution in [3.8, 4) is 5.75 Å². The van der Waals surface area contributed by atoms with Crippen LogP contribution >= 0.6 is 0 Å². The van der Waals surface area contributed by atoms with Gasteiger partial charge in [-0.1, -0.05) is 12.1 Å². The largest absolute Gasteiger partial charge is 0.494 e. The molecule has 1 aromatic heterocycles. The van der Waals surface area contributed by atoms with Crippen LogP contribution in [0.2, 0.25) is 0 Å². The van der Waals surface area contributed by atoms with Gasteiger partial charge in [0, 0.05) is 18.0 Å². The lowest BCUT2D eigenvalue weighted by Crippen LogP contribution is -2.41. The zero-order chi connectivity index (χ0) is 19.9. The van der Waals surface area contributed by atoms with Crippen molar-refractivity contribution in [1.82, 2.24) is 4.98 Å². The number of halogens is 3. The summed E-state index contributed by atoms with van der Waals surface area (Å²) < 4.78 is 57.8. The van der Waals surface area contributed by atoms with E-state index in [2.05, 4.69) is 4.98 Å². The minimum Gasteiger partial charge on any atom is -0.488 e. The Morgan fingerprint density at radius 2 is 1.74 bits per heavy atom. The Hall–Kier alpha value is -2.06. The van der Waals surface area contributed by atoms with Crippen molar-refractivity contribution in [2.75, 3.05) is 0 Å². The first kappa shape index (κ1) is 19.7. The molecule has 4 nitrogen and oxygen atoms in total. The van der Waals surface area contributed by atoms with E-state index in [0.29, 0.717) is 11.0 Å². The van der Waals surface area contributed by atoms with Crippen molar-refractivity contribution in [2.45, 2.75) is 51.7 Å². The van der Waals surface area contributed by atoms with E-state index in [-0.39, 0.29) is 12.4 Å². The molecule has 27 heavy (non-hydrogen) atoms. The topological polar surface area (TPSA) is 40.6 Å². The summed E-state index contributed by atoms with van der Waals surface area (Å²) in [4.78, 5) is 3.93. The second-order valence-corrected chi connectivity index (χ2v) is 7.49. The van der Waals surface area contributed by atoms with Crippen molar-refractivity contribution in [3.05, 3.63) is 53.9 Å². The quantitative estimate of drug-likeness (QED) is 0.754. The zero-order valence-corrected chi connectivity index (χ0v) is 15.6. The first-order valence-corrected chi connectivity index (χ1v) is 8.58. The van der Waals surface area contributed by atoms with Gasteiger partial charge in [0.2, 0.25) is 0 Å². The van der Waals surface area contributed by atoms with Gasteiger partial charge in [-0.05, 0) is 51.4 Å².